The minimum atomic E-state index is -0.971. The van der Waals surface area contributed by atoms with Crippen LogP contribution in [-0.4, -0.2) is 22.5 Å². The molecule has 114 valence electrons. The van der Waals surface area contributed by atoms with E-state index in [0.29, 0.717) is 6.42 Å². The number of anilines is 1. The molecule has 0 saturated carbocycles. The fourth-order valence-electron chi connectivity index (χ4n) is 2.16. The Kier molecular flexibility index (Phi) is 5.50. The lowest BCUT2D eigenvalue weighted by molar-refractivity contribution is -0.305. The lowest BCUT2D eigenvalue weighted by Crippen LogP contribution is -2.21. The van der Waals surface area contributed by atoms with E-state index in [0.717, 1.165) is 47.7 Å². The Balaban J connectivity index is 1.94. The molecule has 0 fully saturated rings. The van der Waals surface area contributed by atoms with Gasteiger partial charge in [-0.05, 0) is 38.7 Å². The molecule has 0 atom stereocenters. The van der Waals surface area contributed by atoms with Crippen LogP contribution in [0.4, 0.5) is 5.82 Å². The Morgan fingerprint density at radius 2 is 2.14 bits per heavy atom. The molecule has 0 aromatic carbocycles. The first-order valence-electron chi connectivity index (χ1n) is 7.31. The molecule has 0 unspecified atom stereocenters. The van der Waals surface area contributed by atoms with Crippen molar-refractivity contribution in [2.24, 2.45) is 0 Å². The Morgan fingerprint density at radius 3 is 2.86 bits per heavy atom. The van der Waals surface area contributed by atoms with Crippen molar-refractivity contribution in [1.29, 1.82) is 0 Å². The number of thiophene rings is 1. The van der Waals surface area contributed by atoms with Gasteiger partial charge in [-0.25, -0.2) is 9.97 Å². The summed E-state index contributed by atoms with van der Waals surface area (Å²) in [6, 6.07) is 2.15. The molecule has 6 heteroatoms. The molecular formula is C15H20N3O2S-. The van der Waals surface area contributed by atoms with E-state index in [4.69, 9.17) is 0 Å². The topological polar surface area (TPSA) is 77.9 Å². The Hall–Kier alpha value is -1.69. The second-order valence-electron chi connectivity index (χ2n) is 5.01. The maximum Gasteiger partial charge on any atom is 0.138 e. The molecule has 0 saturated heterocycles. The number of carboxylic acids is 1. The van der Waals surface area contributed by atoms with E-state index in [-0.39, 0.29) is 6.42 Å². The summed E-state index contributed by atoms with van der Waals surface area (Å²) < 4.78 is 0. The van der Waals surface area contributed by atoms with Gasteiger partial charge in [0.15, 0.2) is 0 Å². The van der Waals surface area contributed by atoms with E-state index in [1.165, 1.54) is 4.88 Å². The number of hydrogen-bond acceptors (Lipinski definition) is 6. The molecule has 0 aliphatic carbocycles. The van der Waals surface area contributed by atoms with Crippen LogP contribution in [0.1, 0.15) is 43.3 Å². The minimum absolute atomic E-state index is 0.140. The van der Waals surface area contributed by atoms with Crippen LogP contribution in [-0.2, 0) is 11.2 Å². The summed E-state index contributed by atoms with van der Waals surface area (Å²) >= 11 is 1.71. The number of rotatable bonds is 8. The molecule has 0 bridgehead atoms. The zero-order chi connectivity index (χ0) is 15.2. The molecule has 2 rings (SSSR count). The summed E-state index contributed by atoms with van der Waals surface area (Å²) in [5, 5.41) is 14.8. The molecule has 2 aromatic rings. The zero-order valence-electron chi connectivity index (χ0n) is 12.4. The van der Waals surface area contributed by atoms with Gasteiger partial charge < -0.3 is 15.2 Å². The third-order valence-corrected chi connectivity index (χ3v) is 4.43. The lowest BCUT2D eigenvalue weighted by Gasteiger charge is -2.07. The first-order chi connectivity index (χ1) is 10.1. The predicted molar refractivity (Wildman–Crippen MR) is 83.5 cm³/mol. The largest absolute Gasteiger partial charge is 0.550 e. The van der Waals surface area contributed by atoms with Gasteiger partial charge in [-0.15, -0.1) is 11.3 Å². The molecule has 0 spiro atoms. The summed E-state index contributed by atoms with van der Waals surface area (Å²) in [5.74, 6) is 0.682. The summed E-state index contributed by atoms with van der Waals surface area (Å²) in [4.78, 5) is 21.6. The summed E-state index contributed by atoms with van der Waals surface area (Å²) in [5.41, 5.74) is 0. The smallest absolute Gasteiger partial charge is 0.138 e. The fourth-order valence-corrected chi connectivity index (χ4v) is 3.18. The van der Waals surface area contributed by atoms with Gasteiger partial charge in [-0.1, -0.05) is 13.3 Å². The molecule has 5 nitrogen and oxygen atoms in total. The maximum atomic E-state index is 10.3. The van der Waals surface area contributed by atoms with Crippen molar-refractivity contribution in [2.75, 3.05) is 11.9 Å². The minimum Gasteiger partial charge on any atom is -0.550 e. The molecule has 1 N–H and O–H groups in total. The van der Waals surface area contributed by atoms with E-state index in [2.05, 4.69) is 28.3 Å². The van der Waals surface area contributed by atoms with Crippen LogP contribution in [0.2, 0.25) is 0 Å². The molecule has 2 aromatic heterocycles. The molecule has 2 heterocycles. The average molecular weight is 306 g/mol. The molecule has 0 radical (unpaired) electrons. The van der Waals surface area contributed by atoms with Crippen LogP contribution < -0.4 is 10.4 Å². The van der Waals surface area contributed by atoms with Gasteiger partial charge in [-0.3, -0.25) is 0 Å². The number of aliphatic carboxylic acids is 1. The third kappa shape index (κ3) is 4.39. The Morgan fingerprint density at radius 1 is 1.33 bits per heavy atom. The lowest BCUT2D eigenvalue weighted by atomic mass is 10.2. The number of nitrogens with zero attached hydrogens (tertiary/aromatic N) is 2. The van der Waals surface area contributed by atoms with Crippen molar-refractivity contribution in [3.63, 3.8) is 0 Å². The molecule has 0 aliphatic heterocycles. The molecular weight excluding hydrogens is 286 g/mol. The zero-order valence-corrected chi connectivity index (χ0v) is 13.3. The van der Waals surface area contributed by atoms with Gasteiger partial charge in [0.1, 0.15) is 16.5 Å². The number of aryl methyl sites for hydroxylation is 2. The van der Waals surface area contributed by atoms with Crippen molar-refractivity contribution in [1.82, 2.24) is 9.97 Å². The Bertz CT molecular complexity index is 625. The Labute approximate surface area is 128 Å². The van der Waals surface area contributed by atoms with Crippen molar-refractivity contribution in [2.45, 2.75) is 46.0 Å². The number of aromatic nitrogens is 2. The number of unbranched alkanes of at least 4 members (excludes halogenated alkanes) is 2. The third-order valence-electron chi connectivity index (χ3n) is 3.25. The van der Waals surface area contributed by atoms with Crippen LogP contribution in [0.25, 0.3) is 10.2 Å². The average Bonchev–Trinajstić information content (AvgIpc) is 2.85. The molecule has 21 heavy (non-hydrogen) atoms. The summed E-state index contributed by atoms with van der Waals surface area (Å²) in [7, 11) is 0. The van der Waals surface area contributed by atoms with Crippen molar-refractivity contribution in [3.8, 4) is 0 Å². The highest BCUT2D eigenvalue weighted by atomic mass is 32.1. The van der Waals surface area contributed by atoms with E-state index in [1.807, 2.05) is 6.92 Å². The van der Waals surface area contributed by atoms with Gasteiger partial charge in [0, 0.05) is 17.4 Å². The predicted octanol–water partition coefficient (Wildman–Crippen LogP) is 2.28. The quantitative estimate of drug-likeness (QED) is 0.757. The normalized spacial score (nSPS) is 11.0. The van der Waals surface area contributed by atoms with E-state index < -0.39 is 5.97 Å². The van der Waals surface area contributed by atoms with Gasteiger partial charge in [0.25, 0.3) is 0 Å². The number of fused-ring (bicyclic) bond motifs is 1. The van der Waals surface area contributed by atoms with Crippen molar-refractivity contribution >= 4 is 33.3 Å². The first-order valence-corrected chi connectivity index (χ1v) is 8.12. The standard InChI is InChI=1S/C15H21N3O2S/c1-3-11-9-12-14(17-10(2)18-15(12)21-11)16-8-6-4-5-7-13(19)20/h9H,3-8H2,1-2H3,(H,19,20)(H,16,17,18)/p-1. The number of nitrogens with one attached hydrogen (secondary N) is 1. The van der Waals surface area contributed by atoms with E-state index in [9.17, 15) is 9.90 Å². The molecule has 0 aliphatic rings. The second-order valence-corrected chi connectivity index (χ2v) is 6.13. The van der Waals surface area contributed by atoms with Crippen LogP contribution >= 0.6 is 11.3 Å². The van der Waals surface area contributed by atoms with Crippen LogP contribution in [0.5, 0.6) is 0 Å². The van der Waals surface area contributed by atoms with Gasteiger partial charge >= 0.3 is 0 Å². The molecule has 0 amide bonds. The monoisotopic (exact) mass is 306 g/mol. The summed E-state index contributed by atoms with van der Waals surface area (Å²) in [6.07, 6.45) is 3.60. The summed E-state index contributed by atoms with van der Waals surface area (Å²) in [6.45, 7) is 4.82. The number of hydrogen-bond donors (Lipinski definition) is 1. The van der Waals surface area contributed by atoms with Crippen molar-refractivity contribution < 1.29 is 9.90 Å². The van der Waals surface area contributed by atoms with Crippen molar-refractivity contribution in [3.05, 3.63) is 16.8 Å². The highest BCUT2D eigenvalue weighted by Gasteiger charge is 2.09. The van der Waals surface area contributed by atoms with Gasteiger partial charge in [0.05, 0.1) is 5.39 Å². The number of carbonyl (C=O) groups excluding carboxylic acids is 1. The maximum absolute atomic E-state index is 10.3. The highest BCUT2D eigenvalue weighted by Crippen LogP contribution is 2.29. The second kappa shape index (κ2) is 7.36. The van der Waals surface area contributed by atoms with Crippen LogP contribution in [0, 0.1) is 6.92 Å². The van der Waals surface area contributed by atoms with Crippen LogP contribution in [0.15, 0.2) is 6.07 Å². The fraction of sp³-hybridized carbons (Fsp3) is 0.533. The van der Waals surface area contributed by atoms with Crippen LogP contribution in [0.3, 0.4) is 0 Å². The van der Waals surface area contributed by atoms with E-state index >= 15 is 0 Å². The van der Waals surface area contributed by atoms with Gasteiger partial charge in [-0.2, -0.15) is 0 Å². The highest BCUT2D eigenvalue weighted by molar-refractivity contribution is 7.18. The number of carboxylic acid groups (broad SMARTS) is 1. The number of carbonyl (C=O) groups is 1. The first kappa shape index (κ1) is 15.7. The van der Waals surface area contributed by atoms with Gasteiger partial charge in [0.2, 0.25) is 0 Å². The SMILES string of the molecule is CCc1cc2c(NCCCCCC(=O)[O-])nc(C)nc2s1. The van der Waals surface area contributed by atoms with E-state index in [1.54, 1.807) is 11.3 Å².